The summed E-state index contributed by atoms with van der Waals surface area (Å²) in [6.07, 6.45) is 1.39. The zero-order valence-electron chi connectivity index (χ0n) is 14.0. The third kappa shape index (κ3) is 4.51. The summed E-state index contributed by atoms with van der Waals surface area (Å²) in [5.41, 5.74) is 0. The van der Waals surface area contributed by atoms with Crippen LogP contribution in [0.25, 0.3) is 10.8 Å². The van der Waals surface area contributed by atoms with E-state index in [2.05, 4.69) is 0 Å². The van der Waals surface area contributed by atoms with Gasteiger partial charge in [0.2, 0.25) is 0 Å². The monoisotopic (exact) mass is 356 g/mol. The highest BCUT2D eigenvalue weighted by molar-refractivity contribution is 7.87. The molecule has 0 heterocycles. The fourth-order valence-corrected chi connectivity index (χ4v) is 3.61. The molecule has 3 aromatic carbocycles. The fraction of sp³-hybridized carbons (Fsp3) is 0.200. The lowest BCUT2D eigenvalue weighted by Gasteiger charge is -2.10. The maximum absolute atomic E-state index is 11.8. The lowest BCUT2D eigenvalue weighted by Crippen LogP contribution is -2.13. The second-order valence-electron chi connectivity index (χ2n) is 5.75. The molecule has 0 radical (unpaired) electrons. The quantitative estimate of drug-likeness (QED) is 0.550. The van der Waals surface area contributed by atoms with E-state index in [1.165, 1.54) is 0 Å². The first-order valence-corrected chi connectivity index (χ1v) is 9.83. The van der Waals surface area contributed by atoms with Crippen molar-refractivity contribution in [2.45, 2.75) is 19.8 Å². The topological polar surface area (TPSA) is 52.6 Å². The minimum atomic E-state index is -3.54. The molecule has 0 spiro atoms. The molecule has 0 aliphatic rings. The number of rotatable bonds is 7. The minimum absolute atomic E-state index is 0.0256. The number of benzene rings is 3. The first-order chi connectivity index (χ1) is 12.1. The molecule has 0 aliphatic heterocycles. The summed E-state index contributed by atoms with van der Waals surface area (Å²) in [6.45, 7) is 1.94. The van der Waals surface area contributed by atoms with Crippen molar-refractivity contribution in [3.63, 3.8) is 0 Å². The van der Waals surface area contributed by atoms with Crippen molar-refractivity contribution < 1.29 is 17.3 Å². The molecule has 3 aromatic rings. The van der Waals surface area contributed by atoms with E-state index in [-0.39, 0.29) is 5.75 Å². The van der Waals surface area contributed by atoms with Crippen LogP contribution < -0.4 is 8.92 Å². The van der Waals surface area contributed by atoms with Crippen molar-refractivity contribution in [2.24, 2.45) is 0 Å². The Hall–Kier alpha value is -2.53. The summed E-state index contributed by atoms with van der Waals surface area (Å²) in [6, 6.07) is 20.5. The van der Waals surface area contributed by atoms with Crippen LogP contribution in [0, 0.1) is 0 Å². The molecule has 0 atom stereocenters. The van der Waals surface area contributed by atoms with Crippen LogP contribution in [0.1, 0.15) is 19.8 Å². The molecule has 0 N–H and O–H groups in total. The second-order valence-corrected chi connectivity index (χ2v) is 7.44. The molecule has 25 heavy (non-hydrogen) atoms. The zero-order valence-corrected chi connectivity index (χ0v) is 14.8. The maximum atomic E-state index is 11.8. The lowest BCUT2D eigenvalue weighted by molar-refractivity contribution is 0.476. The molecule has 0 aromatic heterocycles. The van der Waals surface area contributed by atoms with Crippen molar-refractivity contribution in [3.05, 3.63) is 66.7 Å². The van der Waals surface area contributed by atoms with Gasteiger partial charge in [0, 0.05) is 5.39 Å². The van der Waals surface area contributed by atoms with Crippen LogP contribution in [0.2, 0.25) is 0 Å². The van der Waals surface area contributed by atoms with Gasteiger partial charge in [0.15, 0.2) is 0 Å². The van der Waals surface area contributed by atoms with E-state index in [9.17, 15) is 8.42 Å². The van der Waals surface area contributed by atoms with Crippen LogP contribution in [0.5, 0.6) is 17.2 Å². The Kier molecular flexibility index (Phi) is 5.24. The molecule has 0 fully saturated rings. The van der Waals surface area contributed by atoms with Gasteiger partial charge in [-0.3, -0.25) is 0 Å². The first kappa shape index (κ1) is 17.3. The number of unbranched alkanes of at least 4 members (excludes halogenated alkanes) is 1. The molecule has 0 bridgehead atoms. The molecular weight excluding hydrogens is 336 g/mol. The van der Waals surface area contributed by atoms with E-state index in [4.69, 9.17) is 8.92 Å². The molecule has 3 rings (SSSR count). The summed E-state index contributed by atoms with van der Waals surface area (Å²) >= 11 is 0. The normalized spacial score (nSPS) is 11.4. The van der Waals surface area contributed by atoms with Crippen LogP contribution in [-0.4, -0.2) is 14.2 Å². The van der Waals surface area contributed by atoms with Crippen LogP contribution >= 0.6 is 0 Å². The molecule has 0 aliphatic carbocycles. The number of fused-ring (bicyclic) bond motifs is 1. The highest BCUT2D eigenvalue weighted by Gasteiger charge is 2.12. The summed E-state index contributed by atoms with van der Waals surface area (Å²) in [5, 5.41) is 2.12. The molecule has 0 saturated carbocycles. The van der Waals surface area contributed by atoms with Crippen molar-refractivity contribution in [2.75, 3.05) is 5.75 Å². The Bertz CT molecular complexity index is 942. The van der Waals surface area contributed by atoms with Crippen LogP contribution in [-0.2, 0) is 10.1 Å². The van der Waals surface area contributed by atoms with Crippen LogP contribution in [0.4, 0.5) is 0 Å². The van der Waals surface area contributed by atoms with Gasteiger partial charge in [0.05, 0.1) is 5.75 Å². The van der Waals surface area contributed by atoms with Gasteiger partial charge in [-0.15, -0.1) is 0 Å². The second kappa shape index (κ2) is 7.57. The smallest absolute Gasteiger partial charge is 0.309 e. The Labute approximate surface area is 148 Å². The Morgan fingerprint density at radius 1 is 0.840 bits per heavy atom. The molecule has 0 unspecified atom stereocenters. The van der Waals surface area contributed by atoms with Gasteiger partial charge >= 0.3 is 10.1 Å². The average Bonchev–Trinajstić information content (AvgIpc) is 2.62. The maximum Gasteiger partial charge on any atom is 0.309 e. The Morgan fingerprint density at radius 2 is 1.52 bits per heavy atom. The third-order valence-corrected chi connectivity index (χ3v) is 5.01. The van der Waals surface area contributed by atoms with Crippen molar-refractivity contribution in [1.82, 2.24) is 0 Å². The highest BCUT2D eigenvalue weighted by atomic mass is 32.2. The van der Waals surface area contributed by atoms with Crippen LogP contribution in [0.15, 0.2) is 66.7 Å². The van der Waals surface area contributed by atoms with E-state index in [1.807, 2.05) is 49.4 Å². The van der Waals surface area contributed by atoms with Crippen LogP contribution in [0.3, 0.4) is 0 Å². The largest absolute Gasteiger partial charge is 0.457 e. The molecule has 4 nitrogen and oxygen atoms in total. The average molecular weight is 356 g/mol. The standard InChI is InChI=1S/C20H20O4S/c1-2-3-15-25(21,22)24-18-13-11-17(12-14-18)23-20-10-6-8-16-7-4-5-9-19(16)20/h4-14H,2-3,15H2,1H3. The Balaban J connectivity index is 1.74. The van der Waals surface area contributed by atoms with Crippen molar-refractivity contribution in [3.8, 4) is 17.2 Å². The zero-order chi connectivity index (χ0) is 17.7. The van der Waals surface area contributed by atoms with E-state index in [0.29, 0.717) is 17.9 Å². The Morgan fingerprint density at radius 3 is 2.28 bits per heavy atom. The predicted octanol–water partition coefficient (Wildman–Crippen LogP) is 5.14. The van der Waals surface area contributed by atoms with E-state index >= 15 is 0 Å². The van der Waals surface area contributed by atoms with E-state index in [1.54, 1.807) is 24.3 Å². The number of hydrogen-bond acceptors (Lipinski definition) is 4. The van der Waals surface area contributed by atoms with Gasteiger partial charge in [0.1, 0.15) is 17.2 Å². The van der Waals surface area contributed by atoms with Gasteiger partial charge in [-0.2, -0.15) is 8.42 Å². The molecule has 0 amide bonds. The lowest BCUT2D eigenvalue weighted by atomic mass is 10.1. The minimum Gasteiger partial charge on any atom is -0.457 e. The summed E-state index contributed by atoms with van der Waals surface area (Å²) in [5.74, 6) is 1.69. The van der Waals surface area contributed by atoms with E-state index in [0.717, 1.165) is 22.9 Å². The van der Waals surface area contributed by atoms with Gasteiger partial charge in [-0.25, -0.2) is 0 Å². The fourth-order valence-electron chi connectivity index (χ4n) is 2.48. The van der Waals surface area contributed by atoms with Gasteiger partial charge in [-0.05, 0) is 42.1 Å². The number of hydrogen-bond donors (Lipinski definition) is 0. The summed E-state index contributed by atoms with van der Waals surface area (Å²) in [7, 11) is -3.54. The highest BCUT2D eigenvalue weighted by Crippen LogP contribution is 2.30. The third-order valence-electron chi connectivity index (χ3n) is 3.77. The summed E-state index contributed by atoms with van der Waals surface area (Å²) in [4.78, 5) is 0. The van der Waals surface area contributed by atoms with Gasteiger partial charge in [0.25, 0.3) is 0 Å². The van der Waals surface area contributed by atoms with E-state index < -0.39 is 10.1 Å². The number of ether oxygens (including phenoxy) is 1. The van der Waals surface area contributed by atoms with Crippen molar-refractivity contribution >= 4 is 20.9 Å². The first-order valence-electron chi connectivity index (χ1n) is 8.25. The molecule has 130 valence electrons. The predicted molar refractivity (Wildman–Crippen MR) is 99.8 cm³/mol. The summed E-state index contributed by atoms with van der Waals surface area (Å²) < 4.78 is 34.7. The van der Waals surface area contributed by atoms with Gasteiger partial charge < -0.3 is 8.92 Å². The SMILES string of the molecule is CCCCS(=O)(=O)Oc1ccc(Oc2cccc3ccccc23)cc1. The molecule has 5 heteroatoms. The molecule has 0 saturated heterocycles. The van der Waals surface area contributed by atoms with Crippen molar-refractivity contribution in [1.29, 1.82) is 0 Å². The van der Waals surface area contributed by atoms with Gasteiger partial charge in [-0.1, -0.05) is 49.7 Å². The molecular formula is C20H20O4S.